The zero-order valence-electron chi connectivity index (χ0n) is 48.7. The quantitative estimate of drug-likeness (QED) is 0.237. The average molecular weight is 946 g/mol. The first-order valence-corrected chi connectivity index (χ1v) is 29.2. The summed E-state index contributed by atoms with van der Waals surface area (Å²) in [6, 6.07) is 0. The fourth-order valence-corrected chi connectivity index (χ4v) is 11.6. The Labute approximate surface area is 422 Å². The Morgan fingerprint density at radius 2 is 0.552 bits per heavy atom. The highest BCUT2D eigenvalue weighted by Gasteiger charge is 2.38. The van der Waals surface area contributed by atoms with Gasteiger partial charge in [0.2, 0.25) is 0 Å². The summed E-state index contributed by atoms with van der Waals surface area (Å²) >= 11 is 0. The summed E-state index contributed by atoms with van der Waals surface area (Å²) in [5.74, 6) is 7.91. The minimum absolute atomic E-state index is 0.710. The molecule has 400 valence electrons. The molecule has 4 unspecified atom stereocenters. The average Bonchev–Trinajstić information content (AvgIpc) is 3.86. The van der Waals surface area contributed by atoms with Gasteiger partial charge in [-0.05, 0) is 239 Å². The van der Waals surface area contributed by atoms with Gasteiger partial charge in [0.1, 0.15) is 0 Å². The van der Waals surface area contributed by atoms with E-state index in [2.05, 4.69) is 151 Å². The summed E-state index contributed by atoms with van der Waals surface area (Å²) in [6.07, 6.45) is 25.9. The molecule has 7 saturated heterocycles. The van der Waals surface area contributed by atoms with E-state index in [4.69, 9.17) is 0 Å². The molecule has 0 amide bonds. The molecule has 9 fully saturated rings. The van der Waals surface area contributed by atoms with Crippen LogP contribution in [0.25, 0.3) is 0 Å². The maximum Gasteiger partial charge on any atom is 0.0107 e. The molecule has 2 saturated carbocycles. The first-order valence-electron chi connectivity index (χ1n) is 29.2. The molecule has 0 aromatic carbocycles. The number of likely N-dealkylation sites (N-methyl/N-ethyl adjacent to an activating group) is 2. The van der Waals surface area contributed by atoms with Crippen molar-refractivity contribution in [1.82, 2.24) is 39.2 Å². The number of hydrogen-bond donors (Lipinski definition) is 0. The second-order valence-corrected chi connectivity index (χ2v) is 25.8. The highest BCUT2D eigenvalue weighted by atomic mass is 15.2. The second-order valence-electron chi connectivity index (χ2n) is 25.8. The van der Waals surface area contributed by atoms with Crippen molar-refractivity contribution in [3.05, 3.63) is 0 Å². The molecule has 0 aromatic rings. The first-order chi connectivity index (χ1) is 31.7. The molecule has 1 spiro atoms. The Hall–Kier alpha value is -0.320. The fourth-order valence-electron chi connectivity index (χ4n) is 11.6. The van der Waals surface area contributed by atoms with E-state index in [0.717, 1.165) is 47.3 Å². The molecule has 8 heteroatoms. The van der Waals surface area contributed by atoms with E-state index in [9.17, 15) is 0 Å². The van der Waals surface area contributed by atoms with Gasteiger partial charge in [0.05, 0.1) is 0 Å². The lowest BCUT2D eigenvalue weighted by atomic mass is 9.78. The molecule has 67 heavy (non-hydrogen) atoms. The van der Waals surface area contributed by atoms with Crippen LogP contribution in [-0.4, -0.2) is 200 Å². The molecule has 0 aromatic heterocycles. The topological polar surface area (TPSA) is 25.9 Å². The van der Waals surface area contributed by atoms with E-state index in [1.807, 2.05) is 0 Å². The Balaban J connectivity index is 0.000000264. The minimum Gasteiger partial charge on any atom is -0.306 e. The third-order valence-corrected chi connectivity index (χ3v) is 17.4. The minimum atomic E-state index is 0.710. The van der Waals surface area contributed by atoms with Gasteiger partial charge in [0.15, 0.2) is 0 Å². The number of nitrogens with zero attached hydrogens (tertiary/aromatic N) is 8. The fraction of sp³-hybridized carbons (Fsp3) is 1.00. The molecule has 0 N–H and O–H groups in total. The van der Waals surface area contributed by atoms with Crippen molar-refractivity contribution in [3.8, 4) is 0 Å². The van der Waals surface area contributed by atoms with Crippen LogP contribution in [0.15, 0.2) is 0 Å². The summed E-state index contributed by atoms with van der Waals surface area (Å²) in [6.45, 7) is 39.5. The lowest BCUT2D eigenvalue weighted by Gasteiger charge is -2.37. The highest BCUT2D eigenvalue weighted by Crippen LogP contribution is 2.39. The highest BCUT2D eigenvalue weighted by molar-refractivity contribution is 4.92. The van der Waals surface area contributed by atoms with Crippen LogP contribution in [0.3, 0.4) is 0 Å². The van der Waals surface area contributed by atoms with Crippen LogP contribution < -0.4 is 0 Å². The second kappa shape index (κ2) is 35.7. The van der Waals surface area contributed by atoms with Gasteiger partial charge in [-0.25, -0.2) is 0 Å². The molecule has 7 heterocycles. The summed E-state index contributed by atoms with van der Waals surface area (Å²) in [7, 11) is 17.6. The summed E-state index contributed by atoms with van der Waals surface area (Å²) < 4.78 is 0. The maximum atomic E-state index is 2.49. The largest absolute Gasteiger partial charge is 0.306 e. The normalized spacial score (nSPS) is 32.1. The number of likely N-dealkylation sites (tertiary alicyclic amines) is 6. The van der Waals surface area contributed by atoms with Crippen LogP contribution in [0.2, 0.25) is 0 Å². The maximum absolute atomic E-state index is 2.49. The van der Waals surface area contributed by atoms with Crippen molar-refractivity contribution in [3.63, 3.8) is 0 Å². The van der Waals surface area contributed by atoms with Crippen molar-refractivity contribution in [1.29, 1.82) is 0 Å². The van der Waals surface area contributed by atoms with Gasteiger partial charge < -0.3 is 39.2 Å². The van der Waals surface area contributed by atoms with Crippen LogP contribution in [-0.2, 0) is 0 Å². The van der Waals surface area contributed by atoms with E-state index in [1.54, 1.807) is 0 Å². The molecule has 2 aliphatic carbocycles. The first kappa shape index (κ1) is 62.8. The van der Waals surface area contributed by atoms with Gasteiger partial charge in [0, 0.05) is 45.8 Å². The summed E-state index contributed by atoms with van der Waals surface area (Å²) in [5.41, 5.74) is 0.710. The smallest absolute Gasteiger partial charge is 0.0107 e. The van der Waals surface area contributed by atoms with Crippen LogP contribution >= 0.6 is 0 Å². The van der Waals surface area contributed by atoms with Gasteiger partial charge >= 0.3 is 0 Å². The number of piperidine rings is 4. The van der Waals surface area contributed by atoms with Crippen LogP contribution in [0.4, 0.5) is 0 Å². The Kier molecular flexibility index (Phi) is 33.5. The van der Waals surface area contributed by atoms with E-state index >= 15 is 0 Å². The lowest BCUT2D eigenvalue weighted by Crippen LogP contribution is -2.42. The van der Waals surface area contributed by atoms with Crippen LogP contribution in [0, 0.1) is 52.8 Å². The van der Waals surface area contributed by atoms with Crippen molar-refractivity contribution in [2.45, 2.75) is 171 Å². The Bertz CT molecular complexity index is 966. The van der Waals surface area contributed by atoms with Crippen molar-refractivity contribution in [2.24, 2.45) is 52.8 Å². The number of hydrogen-bond acceptors (Lipinski definition) is 8. The van der Waals surface area contributed by atoms with E-state index in [0.29, 0.717) is 5.41 Å². The predicted molar refractivity (Wildman–Crippen MR) is 299 cm³/mol. The number of rotatable bonds is 0. The molecule has 9 rings (SSSR count). The molecule has 8 nitrogen and oxygen atoms in total. The van der Waals surface area contributed by atoms with Crippen molar-refractivity contribution >= 4 is 0 Å². The third-order valence-electron chi connectivity index (χ3n) is 17.4. The molecule has 4 atom stereocenters. The SMILES string of the molecule is CC1CCC(C)CC1.CC1CCCC(C)C1.CC1CCCN(C)C1.CC1CCN(C)C1.CC1CCN(C)CC1.CC1CCN(C)CC1.CN1CCC2(CC1)CCN(C)C2.CN1CCN(C)CC1. The molecular formula is C59H124N8. The zero-order chi connectivity index (χ0) is 49.8. The molecular weight excluding hydrogens is 821 g/mol. The number of piperazine rings is 1. The van der Waals surface area contributed by atoms with Gasteiger partial charge in [-0.1, -0.05) is 100 Å². The molecule has 7 aliphatic heterocycles. The van der Waals surface area contributed by atoms with Crippen molar-refractivity contribution < 1.29 is 0 Å². The van der Waals surface area contributed by atoms with E-state index in [1.165, 1.54) is 220 Å². The standard InChI is InChI=1S/C10H20N2.2C8H16.3C7H15N.C6H14N2.C6H13N/c1-11-6-3-10(4-7-11)5-8-12(2)9-10;1-7-3-5-8(2)6-4-7;1-7-4-3-5-8(2)6-7;2*1-7-3-5-8(2)6-4-7;1-7-4-3-5-8(2)6-7;1-7-3-5-8(2)6-4-7;1-6-3-4-7(2)5-6/h3-9H2,1-2H3;2*7-8H,3-6H2,1-2H3;3*7H,3-6H2,1-2H3;3-6H2,1-2H3;6H,3-5H2,1-2H3. The van der Waals surface area contributed by atoms with Crippen molar-refractivity contribution in [2.75, 3.05) is 161 Å². The molecule has 0 bridgehead atoms. The molecule has 9 aliphatic rings. The Morgan fingerprint density at radius 1 is 0.254 bits per heavy atom. The van der Waals surface area contributed by atoms with E-state index < -0.39 is 0 Å². The van der Waals surface area contributed by atoms with Crippen LogP contribution in [0.1, 0.15) is 171 Å². The van der Waals surface area contributed by atoms with Gasteiger partial charge in [0.25, 0.3) is 0 Å². The van der Waals surface area contributed by atoms with Gasteiger partial charge in [-0.3, -0.25) is 0 Å². The van der Waals surface area contributed by atoms with Crippen LogP contribution in [0.5, 0.6) is 0 Å². The van der Waals surface area contributed by atoms with E-state index in [-0.39, 0.29) is 0 Å². The summed E-state index contributed by atoms with van der Waals surface area (Å²) in [5, 5.41) is 0. The van der Waals surface area contributed by atoms with Gasteiger partial charge in [-0.2, -0.15) is 0 Å². The Morgan fingerprint density at radius 3 is 0.836 bits per heavy atom. The monoisotopic (exact) mass is 945 g/mol. The third kappa shape index (κ3) is 31.7. The predicted octanol–water partition coefficient (Wildman–Crippen LogP) is 11.6. The molecule has 0 radical (unpaired) electrons. The van der Waals surface area contributed by atoms with Gasteiger partial charge in [-0.15, -0.1) is 0 Å². The summed E-state index contributed by atoms with van der Waals surface area (Å²) in [4.78, 5) is 19.3. The lowest BCUT2D eigenvalue weighted by molar-refractivity contribution is 0.130. The zero-order valence-corrected chi connectivity index (χ0v) is 48.7.